The van der Waals surface area contributed by atoms with Crippen LogP contribution in [0.4, 0.5) is 14.5 Å². The number of ether oxygens (including phenoxy) is 4. The predicted octanol–water partition coefficient (Wildman–Crippen LogP) is 5.43. The van der Waals surface area contributed by atoms with Crippen molar-refractivity contribution in [2.45, 2.75) is 25.7 Å². The van der Waals surface area contributed by atoms with Gasteiger partial charge in [-0.1, -0.05) is 6.42 Å². The fourth-order valence-electron chi connectivity index (χ4n) is 6.24. The lowest BCUT2D eigenvalue weighted by molar-refractivity contribution is 0.102. The van der Waals surface area contributed by atoms with Crippen molar-refractivity contribution in [1.29, 1.82) is 0 Å². The Morgan fingerprint density at radius 2 is 1.69 bits per heavy atom. The first-order valence-electron chi connectivity index (χ1n) is 16.7. The highest BCUT2D eigenvalue weighted by Gasteiger charge is 2.25. The van der Waals surface area contributed by atoms with Crippen LogP contribution in [0.5, 0.6) is 28.7 Å². The Labute approximate surface area is 290 Å². The number of nitrogens with one attached hydrogen (secondary N) is 1. The summed E-state index contributed by atoms with van der Waals surface area (Å²) in [5.41, 5.74) is -1.42. The molecule has 14 heteroatoms. The van der Waals surface area contributed by atoms with Crippen molar-refractivity contribution in [3.8, 4) is 34.4 Å². The number of hydrogen-bond acceptors (Lipinski definition) is 9. The number of aryl methyl sites for hydroxylation is 1. The SMILES string of the molecule is Cn1cc(C(=O)Nc2ccc(Oc3ccnc4cc(OCCCN5CCCCC5)c5c(c34)OCCO5)c(F)c2)c(=O)n(-c2ccc(F)cc2)c1=O. The van der Waals surface area contributed by atoms with Crippen molar-refractivity contribution in [1.82, 2.24) is 19.0 Å². The van der Waals surface area contributed by atoms with Crippen LogP contribution in [-0.2, 0) is 7.05 Å². The van der Waals surface area contributed by atoms with Gasteiger partial charge >= 0.3 is 5.69 Å². The summed E-state index contributed by atoms with van der Waals surface area (Å²) in [7, 11) is 1.37. The molecule has 1 saturated heterocycles. The number of halogens is 2. The maximum atomic E-state index is 15.5. The zero-order valence-electron chi connectivity index (χ0n) is 27.8. The van der Waals surface area contributed by atoms with Crippen LogP contribution >= 0.6 is 0 Å². The molecular formula is C37H35F2N5O7. The summed E-state index contributed by atoms with van der Waals surface area (Å²) in [5, 5.41) is 2.98. The number of carbonyl (C=O) groups excluding carboxylic acids is 1. The van der Waals surface area contributed by atoms with Gasteiger partial charge in [0.05, 0.1) is 23.2 Å². The van der Waals surface area contributed by atoms with E-state index in [1.165, 1.54) is 56.8 Å². The molecule has 2 aliphatic heterocycles. The summed E-state index contributed by atoms with van der Waals surface area (Å²) in [4.78, 5) is 46.1. The van der Waals surface area contributed by atoms with Gasteiger partial charge in [0.25, 0.3) is 11.5 Å². The molecule has 0 atom stereocenters. The second-order valence-corrected chi connectivity index (χ2v) is 12.3. The second-order valence-electron chi connectivity index (χ2n) is 12.3. The van der Waals surface area contributed by atoms with Gasteiger partial charge in [-0.15, -0.1) is 0 Å². The van der Waals surface area contributed by atoms with Crippen LogP contribution in [0.25, 0.3) is 16.6 Å². The highest BCUT2D eigenvalue weighted by atomic mass is 19.1. The number of amides is 1. The molecule has 12 nitrogen and oxygen atoms in total. The third kappa shape index (κ3) is 7.13. The van der Waals surface area contributed by atoms with Gasteiger partial charge in [0, 0.05) is 43.8 Å². The molecule has 1 amide bonds. The Hall–Kier alpha value is -5.76. The lowest BCUT2D eigenvalue weighted by Crippen LogP contribution is -2.41. The molecule has 0 aliphatic carbocycles. The van der Waals surface area contributed by atoms with Crippen molar-refractivity contribution >= 4 is 22.5 Å². The first-order valence-corrected chi connectivity index (χ1v) is 16.7. The minimum Gasteiger partial charge on any atom is -0.489 e. The van der Waals surface area contributed by atoms with E-state index in [-0.39, 0.29) is 28.4 Å². The van der Waals surface area contributed by atoms with Crippen LogP contribution in [0.3, 0.4) is 0 Å². The van der Waals surface area contributed by atoms with Gasteiger partial charge in [0.2, 0.25) is 5.75 Å². The van der Waals surface area contributed by atoms with Gasteiger partial charge in [-0.2, -0.15) is 0 Å². The number of piperidine rings is 1. The van der Waals surface area contributed by atoms with Gasteiger partial charge in [-0.05, 0) is 74.8 Å². The molecule has 3 aromatic carbocycles. The number of hydrogen-bond donors (Lipinski definition) is 1. The lowest BCUT2D eigenvalue weighted by atomic mass is 10.1. The summed E-state index contributed by atoms with van der Waals surface area (Å²) in [5.74, 6) is -0.797. The number of aromatic nitrogens is 3. The molecular weight excluding hydrogens is 664 g/mol. The van der Waals surface area contributed by atoms with Crippen molar-refractivity contribution in [3.05, 3.63) is 105 Å². The lowest BCUT2D eigenvalue weighted by Gasteiger charge is -2.26. The fraction of sp³-hybridized carbons (Fsp3) is 0.297. The minimum atomic E-state index is -0.923. The molecule has 0 bridgehead atoms. The van der Waals surface area contributed by atoms with Gasteiger partial charge in [-0.3, -0.25) is 14.6 Å². The number of anilines is 1. The molecule has 2 aromatic heterocycles. The Morgan fingerprint density at radius 1 is 0.922 bits per heavy atom. The largest absolute Gasteiger partial charge is 0.489 e. The Balaban J connectivity index is 1.10. The fourth-order valence-corrected chi connectivity index (χ4v) is 6.24. The summed E-state index contributed by atoms with van der Waals surface area (Å²) < 4.78 is 54.9. The van der Waals surface area contributed by atoms with Crippen LogP contribution in [-0.4, -0.2) is 64.4 Å². The molecule has 4 heterocycles. The molecule has 0 unspecified atom stereocenters. The number of benzene rings is 3. The zero-order valence-corrected chi connectivity index (χ0v) is 27.8. The summed E-state index contributed by atoms with van der Waals surface area (Å²) in [6.07, 6.45) is 7.22. The summed E-state index contributed by atoms with van der Waals surface area (Å²) in [6.45, 7) is 4.32. The van der Waals surface area contributed by atoms with Crippen LogP contribution in [0.15, 0.2) is 76.6 Å². The normalized spacial score (nSPS) is 14.3. The Kier molecular flexibility index (Phi) is 9.66. The van der Waals surface area contributed by atoms with Gasteiger partial charge in [0.1, 0.15) is 30.3 Å². The third-order valence-electron chi connectivity index (χ3n) is 8.76. The average molecular weight is 700 g/mol. The van der Waals surface area contributed by atoms with E-state index in [0.717, 1.165) is 59.6 Å². The molecule has 0 spiro atoms. The minimum absolute atomic E-state index is 0.0298. The highest BCUT2D eigenvalue weighted by molar-refractivity contribution is 6.04. The quantitative estimate of drug-likeness (QED) is 0.190. The van der Waals surface area contributed by atoms with E-state index < -0.39 is 28.8 Å². The van der Waals surface area contributed by atoms with Gasteiger partial charge < -0.3 is 33.7 Å². The smallest absolute Gasteiger partial charge is 0.335 e. The summed E-state index contributed by atoms with van der Waals surface area (Å²) in [6, 6.07) is 11.8. The number of likely N-dealkylation sites (tertiary alicyclic amines) is 1. The molecule has 0 saturated carbocycles. The first-order chi connectivity index (χ1) is 24.8. The van der Waals surface area contributed by atoms with E-state index in [4.69, 9.17) is 18.9 Å². The summed E-state index contributed by atoms with van der Waals surface area (Å²) >= 11 is 0. The molecule has 2 aliphatic rings. The molecule has 0 radical (unpaired) electrons. The molecule has 51 heavy (non-hydrogen) atoms. The van der Waals surface area contributed by atoms with Crippen molar-refractivity contribution in [2.75, 3.05) is 44.8 Å². The van der Waals surface area contributed by atoms with Gasteiger partial charge in [0.15, 0.2) is 23.1 Å². The predicted molar refractivity (Wildman–Crippen MR) is 185 cm³/mol. The van der Waals surface area contributed by atoms with Gasteiger partial charge in [-0.25, -0.2) is 18.1 Å². The first kappa shape index (κ1) is 33.7. The number of pyridine rings is 1. The Morgan fingerprint density at radius 3 is 2.45 bits per heavy atom. The van der Waals surface area contributed by atoms with E-state index in [0.29, 0.717) is 48.0 Å². The number of rotatable bonds is 10. The molecule has 264 valence electrons. The number of carbonyl (C=O) groups is 1. The molecule has 1 fully saturated rings. The van der Waals surface area contributed by atoms with E-state index in [2.05, 4.69) is 15.2 Å². The van der Waals surface area contributed by atoms with Crippen LogP contribution in [0.1, 0.15) is 36.0 Å². The zero-order chi connectivity index (χ0) is 35.5. The average Bonchev–Trinajstić information content (AvgIpc) is 3.14. The molecule has 5 aromatic rings. The van der Waals surface area contributed by atoms with E-state index >= 15 is 4.39 Å². The van der Waals surface area contributed by atoms with Crippen LogP contribution in [0, 0.1) is 11.6 Å². The molecule has 1 N–H and O–H groups in total. The maximum absolute atomic E-state index is 15.5. The van der Waals surface area contributed by atoms with E-state index in [1.807, 2.05) is 0 Å². The topological polar surface area (TPSA) is 126 Å². The van der Waals surface area contributed by atoms with Crippen molar-refractivity contribution in [2.24, 2.45) is 7.05 Å². The number of nitrogens with zero attached hydrogens (tertiary/aromatic N) is 4. The van der Waals surface area contributed by atoms with E-state index in [1.54, 1.807) is 12.1 Å². The number of fused-ring (bicyclic) bond motifs is 3. The standard InChI is InChI=1S/C37H35F2N5O7/c1-42-22-26(36(46)44(37(42)47)25-9-6-23(38)7-10-25)35(45)41-24-8-11-29(27(39)20-24)51-30-12-13-40-28-21-31(33-34(32(28)30)50-19-18-49-33)48-17-5-16-43-14-3-2-4-15-43/h6-13,20-22H,2-5,14-19H2,1H3,(H,41,45). The Bertz CT molecular complexity index is 2220. The maximum Gasteiger partial charge on any atom is 0.335 e. The monoisotopic (exact) mass is 699 g/mol. The molecule has 7 rings (SSSR count). The van der Waals surface area contributed by atoms with Crippen LogP contribution < -0.4 is 35.5 Å². The second kappa shape index (κ2) is 14.6. The van der Waals surface area contributed by atoms with Crippen molar-refractivity contribution < 1.29 is 32.5 Å². The van der Waals surface area contributed by atoms with Crippen LogP contribution in [0.2, 0.25) is 0 Å². The highest BCUT2D eigenvalue weighted by Crippen LogP contribution is 2.48. The van der Waals surface area contributed by atoms with Crippen molar-refractivity contribution in [3.63, 3.8) is 0 Å². The third-order valence-corrected chi connectivity index (χ3v) is 8.76. The van der Waals surface area contributed by atoms with E-state index in [9.17, 15) is 18.8 Å².